The summed E-state index contributed by atoms with van der Waals surface area (Å²) in [6, 6.07) is 0. The Morgan fingerprint density at radius 2 is 1.85 bits per heavy atom. The Labute approximate surface area is 163 Å². The molecule has 0 radical (unpaired) electrons. The zero-order valence-corrected chi connectivity index (χ0v) is 16.9. The lowest BCUT2D eigenvalue weighted by atomic mass is 9.50. The third kappa shape index (κ3) is 4.68. The van der Waals surface area contributed by atoms with Gasteiger partial charge in [-0.05, 0) is 88.0 Å². The molecule has 0 spiro atoms. The van der Waals surface area contributed by atoms with Crippen LogP contribution >= 0.6 is 0 Å². The smallest absolute Gasteiger partial charge is 0.310 e. The Morgan fingerprint density at radius 1 is 1.19 bits per heavy atom. The van der Waals surface area contributed by atoms with Crippen molar-refractivity contribution in [1.82, 2.24) is 4.90 Å². The number of likely N-dealkylation sites (tertiary alicyclic amines) is 1. The first-order chi connectivity index (χ1) is 13.0. The predicted octanol–water partition coefficient (Wildman–Crippen LogP) is 2.86. The molecular weight excluding hydrogens is 342 g/mol. The molecule has 5 nitrogen and oxygen atoms in total. The van der Waals surface area contributed by atoms with E-state index in [9.17, 15) is 9.90 Å². The lowest BCUT2D eigenvalue weighted by molar-refractivity contribution is -0.150. The number of hydrogen-bond acceptors (Lipinski definition) is 5. The number of hydrogen-bond donors (Lipinski definition) is 1. The van der Waals surface area contributed by atoms with Crippen LogP contribution in [-0.2, 0) is 14.3 Å². The first kappa shape index (κ1) is 19.7. The molecule has 0 aromatic heterocycles. The van der Waals surface area contributed by atoms with Crippen LogP contribution in [-0.4, -0.2) is 61.5 Å². The molecule has 5 rings (SSSR count). The Morgan fingerprint density at radius 3 is 2.48 bits per heavy atom. The van der Waals surface area contributed by atoms with Crippen molar-refractivity contribution in [3.05, 3.63) is 0 Å². The number of ether oxygens (including phenoxy) is 2. The van der Waals surface area contributed by atoms with Crippen LogP contribution in [0.25, 0.3) is 0 Å². The van der Waals surface area contributed by atoms with Crippen LogP contribution in [0.1, 0.15) is 58.3 Å². The number of piperidine rings is 1. The summed E-state index contributed by atoms with van der Waals surface area (Å²) >= 11 is 0. The molecule has 154 valence electrons. The van der Waals surface area contributed by atoms with E-state index >= 15 is 0 Å². The highest BCUT2D eigenvalue weighted by molar-refractivity contribution is 5.72. The van der Waals surface area contributed by atoms with Crippen LogP contribution in [0, 0.1) is 29.1 Å². The number of aliphatic hydroxyl groups is 1. The van der Waals surface area contributed by atoms with Crippen molar-refractivity contribution in [1.29, 1.82) is 0 Å². The molecule has 0 aromatic rings. The van der Waals surface area contributed by atoms with Crippen molar-refractivity contribution in [3.8, 4) is 0 Å². The van der Waals surface area contributed by atoms with Gasteiger partial charge in [-0.2, -0.15) is 0 Å². The number of nitrogens with zero attached hydrogens (tertiary/aromatic N) is 1. The number of β-amino-alcohol motifs (C(OH)–C–C–N with tert-alkyl or cyclic N) is 1. The average Bonchev–Trinajstić information content (AvgIpc) is 2.61. The molecular formula is C22H37NO4. The molecule has 0 aromatic carbocycles. The van der Waals surface area contributed by atoms with Gasteiger partial charge in [-0.15, -0.1) is 0 Å². The number of esters is 1. The van der Waals surface area contributed by atoms with Crippen molar-refractivity contribution in [2.24, 2.45) is 29.1 Å². The van der Waals surface area contributed by atoms with Gasteiger partial charge in [0.1, 0.15) is 0 Å². The Kier molecular flexibility index (Phi) is 6.10. The maximum Gasteiger partial charge on any atom is 0.310 e. The maximum absolute atomic E-state index is 12.0. The summed E-state index contributed by atoms with van der Waals surface area (Å²) in [7, 11) is 0. The number of rotatable bonds is 8. The minimum Gasteiger partial charge on any atom is -0.466 e. The third-order valence-corrected chi connectivity index (χ3v) is 7.48. The van der Waals surface area contributed by atoms with Crippen molar-refractivity contribution in [2.45, 2.75) is 64.4 Å². The van der Waals surface area contributed by atoms with Gasteiger partial charge in [-0.25, -0.2) is 0 Å². The van der Waals surface area contributed by atoms with Crippen LogP contribution in [0.3, 0.4) is 0 Å². The molecule has 4 bridgehead atoms. The Hall–Kier alpha value is -0.650. The Balaban J connectivity index is 1.19. The molecule has 1 N–H and O–H groups in total. The second kappa shape index (κ2) is 8.38. The first-order valence-corrected chi connectivity index (χ1v) is 11.2. The van der Waals surface area contributed by atoms with Gasteiger partial charge in [0.2, 0.25) is 0 Å². The lowest BCUT2D eigenvalue weighted by Gasteiger charge is -2.56. The largest absolute Gasteiger partial charge is 0.466 e. The van der Waals surface area contributed by atoms with Crippen LogP contribution in [0.5, 0.6) is 0 Å². The van der Waals surface area contributed by atoms with Crippen LogP contribution < -0.4 is 0 Å². The zero-order valence-electron chi connectivity index (χ0n) is 16.9. The van der Waals surface area contributed by atoms with E-state index < -0.39 is 6.10 Å². The molecule has 1 heterocycles. The number of carbonyl (C=O) groups is 1. The first-order valence-electron chi connectivity index (χ1n) is 11.2. The van der Waals surface area contributed by atoms with Crippen molar-refractivity contribution in [2.75, 3.05) is 39.5 Å². The molecule has 4 saturated carbocycles. The predicted molar refractivity (Wildman–Crippen MR) is 103 cm³/mol. The molecule has 1 aliphatic heterocycles. The van der Waals surface area contributed by atoms with E-state index in [0.29, 0.717) is 31.7 Å². The minimum absolute atomic E-state index is 0.0427. The van der Waals surface area contributed by atoms with Crippen molar-refractivity contribution >= 4 is 5.97 Å². The van der Waals surface area contributed by atoms with E-state index in [1.54, 1.807) is 0 Å². The van der Waals surface area contributed by atoms with Gasteiger partial charge in [0.05, 0.1) is 31.8 Å². The minimum atomic E-state index is -0.472. The fourth-order valence-electron chi connectivity index (χ4n) is 6.90. The summed E-state index contributed by atoms with van der Waals surface area (Å²) in [5, 5.41) is 10.5. The van der Waals surface area contributed by atoms with Gasteiger partial charge in [0, 0.05) is 13.1 Å². The standard InChI is InChI=1S/C22H37NO4/c1-2-27-21(25)19-4-3-5-23(12-19)13-20(24)14-26-15-22-9-16-6-17(10-22)8-18(7-16)11-22/h16-20,24H,2-15H2,1H3. The van der Waals surface area contributed by atoms with E-state index in [-0.39, 0.29) is 11.9 Å². The molecule has 2 unspecified atom stereocenters. The van der Waals surface area contributed by atoms with E-state index in [1.807, 2.05) is 6.92 Å². The zero-order chi connectivity index (χ0) is 18.9. The summed E-state index contributed by atoms with van der Waals surface area (Å²) in [5.41, 5.74) is 0.411. The molecule has 1 saturated heterocycles. The molecule has 5 fully saturated rings. The van der Waals surface area contributed by atoms with Gasteiger partial charge in [-0.1, -0.05) is 0 Å². The van der Waals surface area contributed by atoms with Crippen LogP contribution in [0.4, 0.5) is 0 Å². The van der Waals surface area contributed by atoms with Gasteiger partial charge >= 0.3 is 5.97 Å². The monoisotopic (exact) mass is 379 g/mol. The molecule has 27 heavy (non-hydrogen) atoms. The SMILES string of the molecule is CCOC(=O)C1CCCN(CC(O)COCC23CC4CC(CC(C4)C2)C3)C1. The van der Waals surface area contributed by atoms with E-state index in [4.69, 9.17) is 9.47 Å². The number of carbonyl (C=O) groups excluding carboxylic acids is 1. The van der Waals surface area contributed by atoms with Crippen molar-refractivity contribution < 1.29 is 19.4 Å². The molecule has 2 atom stereocenters. The highest BCUT2D eigenvalue weighted by Crippen LogP contribution is 2.60. The quantitative estimate of drug-likeness (QED) is 0.657. The molecule has 4 aliphatic carbocycles. The van der Waals surface area contributed by atoms with Gasteiger partial charge < -0.3 is 14.6 Å². The topological polar surface area (TPSA) is 59.0 Å². The van der Waals surface area contributed by atoms with Gasteiger partial charge in [0.25, 0.3) is 0 Å². The fourth-order valence-corrected chi connectivity index (χ4v) is 6.90. The summed E-state index contributed by atoms with van der Waals surface area (Å²) in [6.07, 6.45) is 9.83. The van der Waals surface area contributed by atoms with Crippen molar-refractivity contribution in [3.63, 3.8) is 0 Å². The Bertz CT molecular complexity index is 487. The van der Waals surface area contributed by atoms with E-state index in [2.05, 4.69) is 4.90 Å². The normalized spacial score (nSPS) is 39.5. The second-order valence-corrected chi connectivity index (χ2v) is 9.94. The number of aliphatic hydroxyl groups excluding tert-OH is 1. The van der Waals surface area contributed by atoms with Crippen LogP contribution in [0.2, 0.25) is 0 Å². The average molecular weight is 380 g/mol. The summed E-state index contributed by atoms with van der Waals surface area (Å²) < 4.78 is 11.2. The fraction of sp³-hybridized carbons (Fsp3) is 0.955. The van der Waals surface area contributed by atoms with Crippen LogP contribution in [0.15, 0.2) is 0 Å². The van der Waals surface area contributed by atoms with E-state index in [0.717, 1.165) is 43.7 Å². The summed E-state index contributed by atoms with van der Waals surface area (Å²) in [6.45, 7) is 5.78. The van der Waals surface area contributed by atoms with E-state index in [1.165, 1.54) is 38.5 Å². The maximum atomic E-state index is 12.0. The third-order valence-electron chi connectivity index (χ3n) is 7.48. The molecule has 0 amide bonds. The molecule has 5 heteroatoms. The lowest BCUT2D eigenvalue weighted by Crippen LogP contribution is -2.48. The second-order valence-electron chi connectivity index (χ2n) is 9.94. The highest BCUT2D eigenvalue weighted by atomic mass is 16.5. The summed E-state index contributed by atoms with van der Waals surface area (Å²) in [5.74, 6) is 2.70. The summed E-state index contributed by atoms with van der Waals surface area (Å²) in [4.78, 5) is 14.2. The van der Waals surface area contributed by atoms with Gasteiger partial charge in [-0.3, -0.25) is 9.69 Å². The molecule has 5 aliphatic rings. The highest BCUT2D eigenvalue weighted by Gasteiger charge is 2.50. The van der Waals surface area contributed by atoms with Gasteiger partial charge in [0.15, 0.2) is 0 Å².